The Hall–Kier alpha value is -3.06. The number of fused-ring (bicyclic) bond motifs is 1. The number of alkyl halides is 3. The van der Waals surface area contributed by atoms with Crippen LogP contribution in [0.5, 0.6) is 5.75 Å². The summed E-state index contributed by atoms with van der Waals surface area (Å²) < 4.78 is 45.7. The van der Waals surface area contributed by atoms with E-state index in [0.717, 1.165) is 48.8 Å². The highest BCUT2D eigenvalue weighted by molar-refractivity contribution is 6.06. The maximum Gasteiger partial charge on any atom is 0.416 e. The van der Waals surface area contributed by atoms with Gasteiger partial charge in [-0.2, -0.15) is 13.2 Å². The Balaban J connectivity index is 1.51. The van der Waals surface area contributed by atoms with E-state index in [1.807, 2.05) is 30.3 Å². The molecule has 4 nitrogen and oxygen atoms in total. The summed E-state index contributed by atoms with van der Waals surface area (Å²) in [5, 5.41) is 4.44. The topological polar surface area (TPSA) is 41.6 Å². The number of ether oxygens (including phenoxy) is 1. The Labute approximate surface area is 178 Å². The molecule has 0 bridgehead atoms. The second-order valence-corrected chi connectivity index (χ2v) is 7.66. The molecule has 1 aliphatic rings. The highest BCUT2D eigenvalue weighted by Crippen LogP contribution is 2.34. The SMILES string of the molecule is O=C(Nc1cc(OCCN2CCCC2)cc(C(F)(F)F)c1)c1ccc2ccccc2c1. The van der Waals surface area contributed by atoms with E-state index in [2.05, 4.69) is 10.2 Å². The number of benzene rings is 3. The Kier molecular flexibility index (Phi) is 6.13. The molecule has 162 valence electrons. The number of likely N-dealkylation sites (tertiary alicyclic amines) is 1. The highest BCUT2D eigenvalue weighted by atomic mass is 19.4. The lowest BCUT2D eigenvalue weighted by Gasteiger charge is -2.17. The highest BCUT2D eigenvalue weighted by Gasteiger charge is 2.31. The first kappa shape index (κ1) is 21.2. The summed E-state index contributed by atoms with van der Waals surface area (Å²) in [5.41, 5.74) is -0.447. The monoisotopic (exact) mass is 428 g/mol. The van der Waals surface area contributed by atoms with Crippen molar-refractivity contribution >= 4 is 22.4 Å². The number of hydrogen-bond donors (Lipinski definition) is 1. The predicted molar refractivity (Wildman–Crippen MR) is 115 cm³/mol. The Morgan fingerprint density at radius 2 is 1.71 bits per heavy atom. The fourth-order valence-electron chi connectivity index (χ4n) is 3.75. The maximum absolute atomic E-state index is 13.4. The van der Waals surface area contributed by atoms with Gasteiger partial charge in [0.15, 0.2) is 0 Å². The van der Waals surface area contributed by atoms with Crippen molar-refractivity contribution in [2.45, 2.75) is 19.0 Å². The lowest BCUT2D eigenvalue weighted by atomic mass is 10.1. The van der Waals surface area contributed by atoms with E-state index in [9.17, 15) is 18.0 Å². The third kappa shape index (κ3) is 5.35. The second-order valence-electron chi connectivity index (χ2n) is 7.66. The minimum Gasteiger partial charge on any atom is -0.492 e. The quantitative estimate of drug-likeness (QED) is 0.557. The van der Waals surface area contributed by atoms with Gasteiger partial charge in [0.05, 0.1) is 5.56 Å². The van der Waals surface area contributed by atoms with Gasteiger partial charge in [0.2, 0.25) is 0 Å². The molecule has 0 aliphatic carbocycles. The van der Waals surface area contributed by atoms with Crippen LogP contribution in [0.25, 0.3) is 10.8 Å². The van der Waals surface area contributed by atoms with Crippen molar-refractivity contribution in [1.29, 1.82) is 0 Å². The van der Waals surface area contributed by atoms with Crippen molar-refractivity contribution in [3.05, 3.63) is 71.8 Å². The number of hydrogen-bond acceptors (Lipinski definition) is 3. The summed E-state index contributed by atoms with van der Waals surface area (Å²) in [5.74, 6) is -0.393. The maximum atomic E-state index is 13.4. The lowest BCUT2D eigenvalue weighted by molar-refractivity contribution is -0.137. The number of carbonyl (C=O) groups excluding carboxylic acids is 1. The standard InChI is InChI=1S/C24H23F3N2O2/c25-24(26,27)20-14-21(16-22(15-20)31-12-11-29-9-3-4-10-29)28-23(30)19-8-7-17-5-1-2-6-18(17)13-19/h1-2,5-8,13-16H,3-4,9-12H2,(H,28,30). The molecule has 7 heteroatoms. The van der Waals surface area contributed by atoms with Crippen LogP contribution in [0.1, 0.15) is 28.8 Å². The van der Waals surface area contributed by atoms with E-state index in [1.165, 1.54) is 6.07 Å². The second kappa shape index (κ2) is 8.98. The minimum absolute atomic E-state index is 0.0455. The predicted octanol–water partition coefficient (Wildman–Crippen LogP) is 5.59. The van der Waals surface area contributed by atoms with Crippen molar-refractivity contribution < 1.29 is 22.7 Å². The molecule has 1 saturated heterocycles. The van der Waals surface area contributed by atoms with Crippen molar-refractivity contribution in [3.8, 4) is 5.75 Å². The van der Waals surface area contributed by atoms with Crippen molar-refractivity contribution in [2.75, 3.05) is 31.6 Å². The number of halogens is 3. The Bertz CT molecular complexity index is 1080. The summed E-state index contributed by atoms with van der Waals surface area (Å²) in [6.45, 7) is 2.92. The van der Waals surface area contributed by atoms with Gasteiger partial charge in [-0.15, -0.1) is 0 Å². The summed E-state index contributed by atoms with van der Waals surface area (Å²) in [4.78, 5) is 14.9. The number of amides is 1. The lowest BCUT2D eigenvalue weighted by Crippen LogP contribution is -2.25. The molecule has 1 amide bonds. The normalized spacial score (nSPS) is 14.7. The number of anilines is 1. The van der Waals surface area contributed by atoms with Crippen LogP contribution in [-0.4, -0.2) is 37.0 Å². The van der Waals surface area contributed by atoms with E-state index in [0.29, 0.717) is 18.7 Å². The van der Waals surface area contributed by atoms with E-state index in [4.69, 9.17) is 4.74 Å². The molecule has 3 aromatic rings. The van der Waals surface area contributed by atoms with Crippen LogP contribution in [0.3, 0.4) is 0 Å². The van der Waals surface area contributed by atoms with Crippen LogP contribution < -0.4 is 10.1 Å². The molecule has 0 saturated carbocycles. The van der Waals surface area contributed by atoms with Crippen LogP contribution in [-0.2, 0) is 6.18 Å². The average Bonchev–Trinajstić information content (AvgIpc) is 3.26. The molecular formula is C24H23F3N2O2. The largest absolute Gasteiger partial charge is 0.492 e. The molecular weight excluding hydrogens is 405 g/mol. The van der Waals surface area contributed by atoms with Crippen molar-refractivity contribution in [2.24, 2.45) is 0 Å². The van der Waals surface area contributed by atoms with Gasteiger partial charge in [-0.3, -0.25) is 9.69 Å². The molecule has 1 N–H and O–H groups in total. The molecule has 0 spiro atoms. The van der Waals surface area contributed by atoms with E-state index in [-0.39, 0.29) is 11.4 Å². The molecule has 4 rings (SSSR count). The Morgan fingerprint density at radius 3 is 2.45 bits per heavy atom. The number of carbonyl (C=O) groups is 1. The zero-order chi connectivity index (χ0) is 21.8. The molecule has 1 aliphatic heterocycles. The third-order valence-corrected chi connectivity index (χ3v) is 5.38. The zero-order valence-electron chi connectivity index (χ0n) is 16.9. The molecule has 1 heterocycles. The van der Waals surface area contributed by atoms with Crippen molar-refractivity contribution in [3.63, 3.8) is 0 Å². The van der Waals surface area contributed by atoms with E-state index in [1.54, 1.807) is 12.1 Å². The van der Waals surface area contributed by atoms with Crippen LogP contribution in [0.15, 0.2) is 60.7 Å². The van der Waals surface area contributed by atoms with Crippen LogP contribution in [0.4, 0.5) is 18.9 Å². The molecule has 0 unspecified atom stereocenters. The van der Waals surface area contributed by atoms with Gasteiger partial charge in [-0.25, -0.2) is 0 Å². The zero-order valence-corrected chi connectivity index (χ0v) is 16.9. The molecule has 0 aromatic heterocycles. The summed E-state index contributed by atoms with van der Waals surface area (Å²) >= 11 is 0. The van der Waals surface area contributed by atoms with E-state index >= 15 is 0 Å². The number of nitrogens with one attached hydrogen (secondary N) is 1. The molecule has 3 aromatic carbocycles. The first-order valence-electron chi connectivity index (χ1n) is 10.3. The molecule has 0 radical (unpaired) electrons. The van der Waals surface area contributed by atoms with Crippen LogP contribution >= 0.6 is 0 Å². The van der Waals surface area contributed by atoms with Crippen LogP contribution in [0.2, 0.25) is 0 Å². The van der Waals surface area contributed by atoms with E-state index < -0.39 is 17.6 Å². The third-order valence-electron chi connectivity index (χ3n) is 5.38. The number of nitrogens with zero attached hydrogens (tertiary/aromatic N) is 1. The Morgan fingerprint density at radius 1 is 0.968 bits per heavy atom. The van der Waals surface area contributed by atoms with Gasteiger partial charge in [-0.05, 0) is 61.0 Å². The fraction of sp³-hybridized carbons (Fsp3) is 0.292. The smallest absolute Gasteiger partial charge is 0.416 e. The molecule has 31 heavy (non-hydrogen) atoms. The number of rotatable bonds is 6. The van der Waals surface area contributed by atoms with Gasteiger partial charge in [0.25, 0.3) is 5.91 Å². The average molecular weight is 428 g/mol. The fourth-order valence-corrected chi connectivity index (χ4v) is 3.75. The molecule has 0 atom stereocenters. The summed E-state index contributed by atoms with van der Waals surface area (Å²) in [6.07, 6.45) is -2.28. The first-order valence-corrected chi connectivity index (χ1v) is 10.3. The van der Waals surface area contributed by atoms with Crippen LogP contribution in [0, 0.1) is 0 Å². The summed E-state index contributed by atoms with van der Waals surface area (Å²) in [7, 11) is 0. The first-order chi connectivity index (χ1) is 14.9. The minimum atomic E-state index is -4.54. The van der Waals surface area contributed by atoms with Gasteiger partial charge in [0.1, 0.15) is 12.4 Å². The summed E-state index contributed by atoms with van der Waals surface area (Å²) in [6, 6.07) is 16.1. The van der Waals surface area contributed by atoms with Gasteiger partial charge in [-0.1, -0.05) is 30.3 Å². The van der Waals surface area contributed by atoms with Gasteiger partial charge >= 0.3 is 6.18 Å². The van der Waals surface area contributed by atoms with Gasteiger partial charge in [0, 0.05) is 23.9 Å². The molecule has 1 fully saturated rings. The van der Waals surface area contributed by atoms with Crippen molar-refractivity contribution in [1.82, 2.24) is 4.90 Å². The van der Waals surface area contributed by atoms with Gasteiger partial charge < -0.3 is 10.1 Å².